The number of nitro benzene ring substituents is 1. The number of hydrogen-bond donors (Lipinski definition) is 0. The maximum absolute atomic E-state index is 12.2. The molecule has 0 saturated carbocycles. The standard InChI is InChI=1S/C10H12BrClN2O4S/c1-13(6-2-5-11)19(17,18)10-4-3-8(14(15)16)7-9(10)12/h3-4,7H,2,5-6H2,1H3. The average molecular weight is 372 g/mol. The van der Waals surface area contributed by atoms with Crippen LogP contribution in [0.1, 0.15) is 6.42 Å². The molecule has 0 spiro atoms. The minimum absolute atomic E-state index is 0.128. The van der Waals surface area contributed by atoms with Crippen LogP contribution in [0.25, 0.3) is 0 Å². The van der Waals surface area contributed by atoms with Crippen LogP contribution in [0.15, 0.2) is 23.1 Å². The van der Waals surface area contributed by atoms with Crippen molar-refractivity contribution in [3.63, 3.8) is 0 Å². The van der Waals surface area contributed by atoms with Crippen LogP contribution in [0.3, 0.4) is 0 Å². The van der Waals surface area contributed by atoms with E-state index in [9.17, 15) is 18.5 Å². The van der Waals surface area contributed by atoms with E-state index in [2.05, 4.69) is 15.9 Å². The van der Waals surface area contributed by atoms with Gasteiger partial charge in [0.2, 0.25) is 10.0 Å². The van der Waals surface area contributed by atoms with Crippen molar-refractivity contribution in [3.8, 4) is 0 Å². The van der Waals surface area contributed by atoms with Gasteiger partial charge in [0, 0.05) is 31.1 Å². The van der Waals surface area contributed by atoms with Gasteiger partial charge in [0.1, 0.15) is 4.90 Å². The molecule has 0 aliphatic heterocycles. The molecule has 6 nitrogen and oxygen atoms in total. The van der Waals surface area contributed by atoms with Crippen molar-refractivity contribution in [1.29, 1.82) is 0 Å². The summed E-state index contributed by atoms with van der Waals surface area (Å²) < 4.78 is 25.6. The van der Waals surface area contributed by atoms with E-state index in [1.54, 1.807) is 0 Å². The Morgan fingerprint density at radius 2 is 2.11 bits per heavy atom. The van der Waals surface area contributed by atoms with Crippen molar-refractivity contribution in [2.45, 2.75) is 11.3 Å². The van der Waals surface area contributed by atoms with Gasteiger partial charge in [-0.25, -0.2) is 12.7 Å². The third-order valence-electron chi connectivity index (χ3n) is 2.42. The Labute approximate surface area is 124 Å². The second-order valence-corrected chi connectivity index (χ2v) is 6.95. The van der Waals surface area contributed by atoms with Gasteiger partial charge in [0.25, 0.3) is 5.69 Å². The molecule has 0 bridgehead atoms. The second-order valence-electron chi connectivity index (χ2n) is 3.74. The summed E-state index contributed by atoms with van der Waals surface area (Å²) in [4.78, 5) is 9.82. The minimum atomic E-state index is -3.73. The Morgan fingerprint density at radius 1 is 1.47 bits per heavy atom. The van der Waals surface area contributed by atoms with Crippen molar-refractivity contribution >= 4 is 43.2 Å². The van der Waals surface area contributed by atoms with E-state index in [0.29, 0.717) is 18.3 Å². The molecule has 19 heavy (non-hydrogen) atoms. The van der Waals surface area contributed by atoms with E-state index in [0.717, 1.165) is 18.2 Å². The fraction of sp³-hybridized carbons (Fsp3) is 0.400. The highest BCUT2D eigenvalue weighted by molar-refractivity contribution is 9.09. The van der Waals surface area contributed by atoms with Crippen molar-refractivity contribution in [3.05, 3.63) is 33.3 Å². The molecule has 0 N–H and O–H groups in total. The quantitative estimate of drug-likeness (QED) is 0.437. The molecule has 0 heterocycles. The number of benzene rings is 1. The zero-order chi connectivity index (χ0) is 14.6. The van der Waals surface area contributed by atoms with Crippen LogP contribution in [0.2, 0.25) is 5.02 Å². The molecule has 1 aromatic carbocycles. The number of hydrogen-bond acceptors (Lipinski definition) is 4. The lowest BCUT2D eigenvalue weighted by Gasteiger charge is -2.17. The summed E-state index contributed by atoms with van der Waals surface area (Å²) in [7, 11) is -2.29. The number of alkyl halides is 1. The molecule has 0 atom stereocenters. The summed E-state index contributed by atoms with van der Waals surface area (Å²) in [5, 5.41) is 11.1. The Hall–Kier alpha value is -0.700. The lowest BCUT2D eigenvalue weighted by atomic mass is 10.3. The molecular formula is C10H12BrClN2O4S. The van der Waals surface area contributed by atoms with Crippen LogP contribution in [-0.2, 0) is 10.0 Å². The van der Waals surface area contributed by atoms with Crippen LogP contribution >= 0.6 is 27.5 Å². The van der Waals surface area contributed by atoms with Gasteiger partial charge < -0.3 is 0 Å². The Kier molecular flexibility index (Phi) is 5.72. The van der Waals surface area contributed by atoms with Gasteiger partial charge in [-0.2, -0.15) is 0 Å². The molecule has 1 rings (SSSR count). The van der Waals surface area contributed by atoms with E-state index in [-0.39, 0.29) is 15.6 Å². The molecule has 0 unspecified atom stereocenters. The monoisotopic (exact) mass is 370 g/mol. The maximum Gasteiger partial charge on any atom is 0.271 e. The number of nitrogens with zero attached hydrogens (tertiary/aromatic N) is 2. The number of halogens is 2. The van der Waals surface area contributed by atoms with Crippen molar-refractivity contribution in [2.24, 2.45) is 0 Å². The average Bonchev–Trinajstić information content (AvgIpc) is 2.35. The van der Waals surface area contributed by atoms with E-state index in [1.165, 1.54) is 11.4 Å². The number of non-ortho nitro benzene ring substituents is 1. The predicted octanol–water partition coefficient (Wildman–Crippen LogP) is 2.65. The summed E-state index contributed by atoms with van der Waals surface area (Å²) in [6.07, 6.45) is 0.653. The van der Waals surface area contributed by atoms with Gasteiger partial charge in [-0.15, -0.1) is 0 Å². The van der Waals surface area contributed by atoms with Crippen molar-refractivity contribution < 1.29 is 13.3 Å². The molecule has 9 heteroatoms. The summed E-state index contributed by atoms with van der Waals surface area (Å²) in [5.74, 6) is 0. The number of rotatable bonds is 6. The van der Waals surface area contributed by atoms with Crippen LogP contribution < -0.4 is 0 Å². The van der Waals surface area contributed by atoms with Gasteiger partial charge in [-0.05, 0) is 12.5 Å². The van der Waals surface area contributed by atoms with Crippen molar-refractivity contribution in [1.82, 2.24) is 4.31 Å². The number of nitro groups is 1. The summed E-state index contributed by atoms with van der Waals surface area (Å²) >= 11 is 9.03. The van der Waals surface area contributed by atoms with E-state index < -0.39 is 14.9 Å². The first-order chi connectivity index (χ1) is 8.80. The Balaban J connectivity index is 3.12. The van der Waals surface area contributed by atoms with Gasteiger partial charge in [-0.3, -0.25) is 10.1 Å². The lowest BCUT2D eigenvalue weighted by molar-refractivity contribution is -0.384. The van der Waals surface area contributed by atoms with Crippen LogP contribution in [0.5, 0.6) is 0 Å². The van der Waals surface area contributed by atoms with E-state index >= 15 is 0 Å². The second kappa shape index (κ2) is 6.65. The summed E-state index contributed by atoms with van der Waals surface area (Å²) in [6.45, 7) is 0.334. The predicted molar refractivity (Wildman–Crippen MR) is 76.3 cm³/mol. The van der Waals surface area contributed by atoms with E-state index in [1.807, 2.05) is 0 Å². The Morgan fingerprint density at radius 3 is 2.58 bits per heavy atom. The van der Waals surface area contributed by atoms with Crippen LogP contribution in [0, 0.1) is 10.1 Å². The summed E-state index contributed by atoms with van der Waals surface area (Å²) in [6, 6.07) is 3.31. The first-order valence-electron chi connectivity index (χ1n) is 5.27. The van der Waals surface area contributed by atoms with Gasteiger partial charge in [0.05, 0.1) is 9.95 Å². The number of sulfonamides is 1. The zero-order valence-corrected chi connectivity index (χ0v) is 13.2. The lowest BCUT2D eigenvalue weighted by Crippen LogP contribution is -2.28. The highest BCUT2D eigenvalue weighted by Gasteiger charge is 2.24. The molecule has 0 saturated heterocycles. The fourth-order valence-electron chi connectivity index (χ4n) is 1.38. The molecular weight excluding hydrogens is 360 g/mol. The zero-order valence-electron chi connectivity index (χ0n) is 10.0. The molecule has 0 aromatic heterocycles. The normalized spacial score (nSPS) is 11.8. The molecule has 0 aliphatic rings. The maximum atomic E-state index is 12.2. The third kappa shape index (κ3) is 3.88. The van der Waals surface area contributed by atoms with Crippen molar-refractivity contribution in [2.75, 3.05) is 18.9 Å². The first-order valence-corrected chi connectivity index (χ1v) is 8.21. The van der Waals surface area contributed by atoms with E-state index in [4.69, 9.17) is 11.6 Å². The topological polar surface area (TPSA) is 80.5 Å². The Bertz CT molecular complexity index is 579. The van der Waals surface area contributed by atoms with Gasteiger partial charge in [-0.1, -0.05) is 27.5 Å². The molecule has 0 radical (unpaired) electrons. The largest absolute Gasteiger partial charge is 0.271 e. The van der Waals surface area contributed by atoms with Crippen LogP contribution in [0.4, 0.5) is 5.69 Å². The molecule has 106 valence electrons. The third-order valence-corrected chi connectivity index (χ3v) is 5.32. The molecule has 0 amide bonds. The smallest absolute Gasteiger partial charge is 0.258 e. The van der Waals surface area contributed by atoms with Gasteiger partial charge >= 0.3 is 0 Å². The molecule has 0 aliphatic carbocycles. The van der Waals surface area contributed by atoms with Crippen LogP contribution in [-0.4, -0.2) is 36.6 Å². The fourth-order valence-corrected chi connectivity index (χ4v) is 3.35. The molecule has 0 fully saturated rings. The summed E-state index contributed by atoms with van der Waals surface area (Å²) in [5.41, 5.74) is -0.243. The highest BCUT2D eigenvalue weighted by atomic mass is 79.9. The SMILES string of the molecule is CN(CCCBr)S(=O)(=O)c1ccc([N+](=O)[O-])cc1Cl. The van der Waals surface area contributed by atoms with Gasteiger partial charge in [0.15, 0.2) is 0 Å². The highest BCUT2D eigenvalue weighted by Crippen LogP contribution is 2.28. The molecule has 1 aromatic rings. The minimum Gasteiger partial charge on any atom is -0.258 e. The first kappa shape index (κ1) is 16.4.